The van der Waals surface area contributed by atoms with E-state index in [0.29, 0.717) is 13.0 Å². The molecule has 2 unspecified atom stereocenters. The molecule has 2 atom stereocenters. The van der Waals surface area contributed by atoms with Gasteiger partial charge in [0.25, 0.3) is 0 Å². The summed E-state index contributed by atoms with van der Waals surface area (Å²) in [6.45, 7) is 2.29. The van der Waals surface area contributed by atoms with Crippen LogP contribution in [-0.2, 0) is 14.8 Å². The van der Waals surface area contributed by atoms with Gasteiger partial charge in [-0.3, -0.25) is 4.79 Å². The molecule has 1 fully saturated rings. The van der Waals surface area contributed by atoms with Gasteiger partial charge in [0, 0.05) is 24.9 Å². The summed E-state index contributed by atoms with van der Waals surface area (Å²) in [5.74, 6) is -0.496. The van der Waals surface area contributed by atoms with E-state index in [-0.39, 0.29) is 36.5 Å². The van der Waals surface area contributed by atoms with Crippen molar-refractivity contribution in [3.8, 4) is 6.07 Å². The van der Waals surface area contributed by atoms with Gasteiger partial charge in [-0.25, -0.2) is 13.6 Å². The van der Waals surface area contributed by atoms with E-state index in [4.69, 9.17) is 10.4 Å². The summed E-state index contributed by atoms with van der Waals surface area (Å²) in [6.07, 6.45) is 1.18. The number of rotatable bonds is 5. The van der Waals surface area contributed by atoms with Gasteiger partial charge in [0.05, 0.1) is 18.2 Å². The molecule has 2 N–H and O–H groups in total. The van der Waals surface area contributed by atoms with E-state index in [0.717, 1.165) is 0 Å². The molecule has 0 aliphatic carbocycles. The smallest absolute Gasteiger partial charge is 0.223 e. The highest BCUT2D eigenvalue weighted by Gasteiger charge is 2.35. The van der Waals surface area contributed by atoms with Gasteiger partial charge in [-0.05, 0) is 6.42 Å². The van der Waals surface area contributed by atoms with Crippen LogP contribution in [0.1, 0.15) is 26.2 Å². The second-order valence-electron chi connectivity index (χ2n) is 4.37. The summed E-state index contributed by atoms with van der Waals surface area (Å²) in [6, 6.07) is 1.93. The molecular weight excluding hydrogens is 242 g/mol. The topological polar surface area (TPSA) is 104 Å². The fourth-order valence-corrected chi connectivity index (χ4v) is 3.06. The Morgan fingerprint density at radius 2 is 2.29 bits per heavy atom. The summed E-state index contributed by atoms with van der Waals surface area (Å²) >= 11 is 0. The van der Waals surface area contributed by atoms with Gasteiger partial charge in [0.1, 0.15) is 0 Å². The van der Waals surface area contributed by atoms with Crippen LogP contribution in [0.2, 0.25) is 0 Å². The third-order valence-electron chi connectivity index (χ3n) is 2.95. The summed E-state index contributed by atoms with van der Waals surface area (Å²) in [5, 5.41) is 13.6. The Labute approximate surface area is 101 Å². The van der Waals surface area contributed by atoms with Crippen LogP contribution in [0, 0.1) is 17.2 Å². The zero-order valence-corrected chi connectivity index (χ0v) is 10.6. The largest absolute Gasteiger partial charge is 0.338 e. The van der Waals surface area contributed by atoms with E-state index in [1.807, 2.05) is 13.0 Å². The van der Waals surface area contributed by atoms with Crippen molar-refractivity contribution >= 4 is 15.9 Å². The van der Waals surface area contributed by atoms with E-state index >= 15 is 0 Å². The normalized spacial score (nSPS) is 22.5. The molecule has 0 spiro atoms. The lowest BCUT2D eigenvalue weighted by Gasteiger charge is -2.25. The first-order valence-electron chi connectivity index (χ1n) is 5.54. The van der Waals surface area contributed by atoms with Crippen LogP contribution in [0.25, 0.3) is 0 Å². The van der Waals surface area contributed by atoms with Crippen LogP contribution in [0.4, 0.5) is 0 Å². The Hall–Kier alpha value is -1.13. The number of nitriles is 1. The average Bonchev–Trinajstić information content (AvgIpc) is 2.53. The number of hydrogen-bond acceptors (Lipinski definition) is 4. The van der Waals surface area contributed by atoms with Crippen molar-refractivity contribution in [3.63, 3.8) is 0 Å². The fourth-order valence-electron chi connectivity index (χ4n) is 2.18. The Bertz CT molecular complexity index is 427. The molecule has 0 bridgehead atoms. The number of amides is 1. The number of nitrogens with zero attached hydrogens (tertiary/aromatic N) is 2. The predicted octanol–water partition coefficient (Wildman–Crippen LogP) is -0.184. The second-order valence-corrected chi connectivity index (χ2v) is 6.03. The number of likely N-dealkylation sites (tertiary alicyclic amines) is 1. The summed E-state index contributed by atoms with van der Waals surface area (Å²) in [7, 11) is -3.54. The van der Waals surface area contributed by atoms with Crippen LogP contribution in [0.5, 0.6) is 0 Å². The maximum atomic E-state index is 11.7. The minimum absolute atomic E-state index is 0.0826. The Kier molecular flexibility index (Phi) is 4.48. The Morgan fingerprint density at radius 1 is 1.65 bits per heavy atom. The molecule has 1 aliphatic rings. The van der Waals surface area contributed by atoms with Crippen molar-refractivity contribution in [2.45, 2.75) is 32.2 Å². The van der Waals surface area contributed by atoms with Crippen LogP contribution < -0.4 is 5.14 Å². The average molecular weight is 259 g/mol. The van der Waals surface area contributed by atoms with Gasteiger partial charge in [0.15, 0.2) is 0 Å². The minimum Gasteiger partial charge on any atom is -0.338 e. The maximum absolute atomic E-state index is 11.7. The Morgan fingerprint density at radius 3 is 2.76 bits per heavy atom. The summed E-state index contributed by atoms with van der Waals surface area (Å²) in [5.41, 5.74) is 0. The van der Waals surface area contributed by atoms with Gasteiger partial charge in [-0.2, -0.15) is 5.26 Å². The monoisotopic (exact) mass is 259 g/mol. The van der Waals surface area contributed by atoms with E-state index in [1.165, 1.54) is 0 Å². The highest BCUT2D eigenvalue weighted by Crippen LogP contribution is 2.23. The standard InChI is InChI=1S/C10H17N3O3S/c1-2-9(3-4-11)13-6-8(5-10(13)14)7-17(12,15)16/h8-9H,2-3,5-7H2,1H3,(H2,12,15,16). The quantitative estimate of drug-likeness (QED) is 0.739. The van der Waals surface area contributed by atoms with Gasteiger partial charge in [-0.15, -0.1) is 0 Å². The first-order valence-corrected chi connectivity index (χ1v) is 7.25. The number of nitrogens with two attached hydrogens (primary N) is 1. The van der Waals surface area contributed by atoms with Gasteiger partial charge in [-0.1, -0.05) is 6.92 Å². The van der Waals surface area contributed by atoms with Crippen LogP contribution in [0.15, 0.2) is 0 Å². The Balaban J connectivity index is 2.67. The SMILES string of the molecule is CCC(CC#N)N1CC(CS(N)(=O)=O)CC1=O. The number of hydrogen-bond donors (Lipinski definition) is 1. The number of primary sulfonamides is 1. The first-order chi connectivity index (χ1) is 7.87. The third-order valence-corrected chi connectivity index (χ3v) is 3.88. The summed E-state index contributed by atoms with van der Waals surface area (Å²) in [4.78, 5) is 13.3. The lowest BCUT2D eigenvalue weighted by molar-refractivity contribution is -0.129. The highest BCUT2D eigenvalue weighted by atomic mass is 32.2. The lowest BCUT2D eigenvalue weighted by atomic mass is 10.1. The highest BCUT2D eigenvalue weighted by molar-refractivity contribution is 7.89. The molecule has 96 valence electrons. The molecule has 6 nitrogen and oxygen atoms in total. The zero-order valence-electron chi connectivity index (χ0n) is 9.80. The number of carbonyl (C=O) groups is 1. The molecule has 0 aromatic heterocycles. The van der Waals surface area contributed by atoms with Crippen molar-refractivity contribution < 1.29 is 13.2 Å². The van der Waals surface area contributed by atoms with Crippen molar-refractivity contribution in [1.82, 2.24) is 4.90 Å². The number of sulfonamides is 1. The molecule has 0 radical (unpaired) electrons. The molecule has 17 heavy (non-hydrogen) atoms. The zero-order chi connectivity index (χ0) is 13.1. The van der Waals surface area contributed by atoms with Crippen LogP contribution >= 0.6 is 0 Å². The van der Waals surface area contributed by atoms with E-state index < -0.39 is 10.0 Å². The molecule has 7 heteroatoms. The fraction of sp³-hybridized carbons (Fsp3) is 0.800. The maximum Gasteiger partial charge on any atom is 0.223 e. The first kappa shape index (κ1) is 13.9. The van der Waals surface area contributed by atoms with Gasteiger partial charge >= 0.3 is 0 Å². The molecule has 1 amide bonds. The summed E-state index contributed by atoms with van der Waals surface area (Å²) < 4.78 is 21.9. The lowest BCUT2D eigenvalue weighted by Crippen LogP contribution is -2.36. The van der Waals surface area contributed by atoms with Gasteiger partial charge in [0.2, 0.25) is 15.9 Å². The van der Waals surface area contributed by atoms with Crippen molar-refractivity contribution in [1.29, 1.82) is 5.26 Å². The van der Waals surface area contributed by atoms with Crippen LogP contribution in [-0.4, -0.2) is 37.6 Å². The molecule has 0 aromatic rings. The van der Waals surface area contributed by atoms with E-state index in [9.17, 15) is 13.2 Å². The minimum atomic E-state index is -3.54. The molecular formula is C10H17N3O3S. The van der Waals surface area contributed by atoms with E-state index in [2.05, 4.69) is 0 Å². The molecule has 0 aromatic carbocycles. The molecule has 1 heterocycles. The van der Waals surface area contributed by atoms with E-state index in [1.54, 1.807) is 4.90 Å². The predicted molar refractivity (Wildman–Crippen MR) is 62.1 cm³/mol. The van der Waals surface area contributed by atoms with Crippen molar-refractivity contribution in [2.75, 3.05) is 12.3 Å². The van der Waals surface area contributed by atoms with Crippen LogP contribution in [0.3, 0.4) is 0 Å². The molecule has 0 saturated carbocycles. The molecule has 1 saturated heterocycles. The number of carbonyl (C=O) groups excluding carboxylic acids is 1. The third kappa shape index (κ3) is 3.98. The van der Waals surface area contributed by atoms with Gasteiger partial charge < -0.3 is 4.90 Å². The van der Waals surface area contributed by atoms with Crippen molar-refractivity contribution in [2.24, 2.45) is 11.1 Å². The molecule has 1 rings (SSSR count). The second kappa shape index (κ2) is 5.47. The van der Waals surface area contributed by atoms with Crippen molar-refractivity contribution in [3.05, 3.63) is 0 Å². The molecule has 1 aliphatic heterocycles.